The highest BCUT2D eigenvalue weighted by Crippen LogP contribution is 1.92. The van der Waals surface area contributed by atoms with E-state index in [9.17, 15) is 9.59 Å². The summed E-state index contributed by atoms with van der Waals surface area (Å²) in [7, 11) is 0. The van der Waals surface area contributed by atoms with Crippen LogP contribution in [0.2, 0.25) is 0 Å². The van der Waals surface area contributed by atoms with Crippen molar-refractivity contribution in [1.82, 2.24) is 15.5 Å². The van der Waals surface area contributed by atoms with E-state index in [1.165, 1.54) is 0 Å². The fraction of sp³-hybridized carbons (Fsp3) is 0.778. The number of rotatable bonds is 3. The number of nitrogens with one attached hydrogen (secondary N) is 2. The highest BCUT2D eigenvalue weighted by molar-refractivity contribution is 5.80. The Morgan fingerprint density at radius 1 is 1.40 bits per heavy atom. The van der Waals surface area contributed by atoms with Crippen molar-refractivity contribution in [2.45, 2.75) is 6.92 Å². The molecule has 6 nitrogen and oxygen atoms in total. The van der Waals surface area contributed by atoms with Crippen molar-refractivity contribution in [1.29, 1.82) is 0 Å². The lowest BCUT2D eigenvalue weighted by Crippen LogP contribution is -2.51. The highest BCUT2D eigenvalue weighted by Gasteiger charge is 2.16. The average Bonchev–Trinajstić information content (AvgIpc) is 2.27. The molecule has 0 atom stereocenters. The van der Waals surface area contributed by atoms with Gasteiger partial charge in [0.1, 0.15) is 6.54 Å². The first-order chi connectivity index (χ1) is 7.24. The zero-order valence-corrected chi connectivity index (χ0v) is 8.91. The summed E-state index contributed by atoms with van der Waals surface area (Å²) in [6, 6.07) is -0.204. The number of ether oxygens (including phenoxy) is 1. The molecule has 86 valence electrons. The van der Waals surface area contributed by atoms with Gasteiger partial charge in [0, 0.05) is 26.2 Å². The molecule has 1 heterocycles. The molecule has 1 fully saturated rings. The third-order valence-corrected chi connectivity index (χ3v) is 2.09. The van der Waals surface area contributed by atoms with Gasteiger partial charge in [0.25, 0.3) is 0 Å². The Morgan fingerprint density at radius 3 is 2.67 bits per heavy atom. The first-order valence-corrected chi connectivity index (χ1v) is 5.13. The standard InChI is InChI=1S/C9H17N3O3/c1-2-15-8(13)7-11-9(14)12-5-3-10-4-6-12/h10H,2-7H2,1H3,(H,11,14). The van der Waals surface area contributed by atoms with Crippen LogP contribution in [0.5, 0.6) is 0 Å². The van der Waals surface area contributed by atoms with Crippen molar-refractivity contribution < 1.29 is 14.3 Å². The number of amides is 2. The molecule has 15 heavy (non-hydrogen) atoms. The van der Waals surface area contributed by atoms with Crippen LogP contribution in [-0.2, 0) is 9.53 Å². The lowest BCUT2D eigenvalue weighted by molar-refractivity contribution is -0.141. The molecule has 1 rings (SSSR count). The van der Waals surface area contributed by atoms with Gasteiger partial charge in [-0.1, -0.05) is 0 Å². The molecule has 2 amide bonds. The normalized spacial score (nSPS) is 15.9. The molecule has 0 spiro atoms. The quantitative estimate of drug-likeness (QED) is 0.602. The maximum Gasteiger partial charge on any atom is 0.325 e. The van der Waals surface area contributed by atoms with E-state index in [-0.39, 0.29) is 12.6 Å². The SMILES string of the molecule is CCOC(=O)CNC(=O)N1CCNCC1. The van der Waals surface area contributed by atoms with Crippen LogP contribution in [0.15, 0.2) is 0 Å². The van der Waals surface area contributed by atoms with Crippen molar-refractivity contribution in [2.24, 2.45) is 0 Å². The van der Waals surface area contributed by atoms with Crippen molar-refractivity contribution in [3.8, 4) is 0 Å². The van der Waals surface area contributed by atoms with Gasteiger partial charge in [-0.15, -0.1) is 0 Å². The van der Waals surface area contributed by atoms with E-state index < -0.39 is 5.97 Å². The number of hydrogen-bond donors (Lipinski definition) is 2. The third kappa shape index (κ3) is 4.16. The average molecular weight is 215 g/mol. The molecule has 0 aromatic heterocycles. The number of hydrogen-bond acceptors (Lipinski definition) is 4. The highest BCUT2D eigenvalue weighted by atomic mass is 16.5. The zero-order valence-electron chi connectivity index (χ0n) is 8.91. The number of nitrogens with zero attached hydrogens (tertiary/aromatic N) is 1. The Balaban J connectivity index is 2.19. The van der Waals surface area contributed by atoms with E-state index in [1.54, 1.807) is 11.8 Å². The molecule has 0 aromatic carbocycles. The van der Waals surface area contributed by atoms with E-state index in [0.29, 0.717) is 19.7 Å². The summed E-state index contributed by atoms with van der Waals surface area (Å²) < 4.78 is 4.70. The molecule has 0 aromatic rings. The maximum absolute atomic E-state index is 11.5. The van der Waals surface area contributed by atoms with Crippen molar-refractivity contribution in [2.75, 3.05) is 39.3 Å². The summed E-state index contributed by atoms with van der Waals surface area (Å²) in [4.78, 5) is 24.1. The van der Waals surface area contributed by atoms with Gasteiger partial charge in [-0.25, -0.2) is 4.79 Å². The maximum atomic E-state index is 11.5. The number of esters is 1. The fourth-order valence-electron chi connectivity index (χ4n) is 1.34. The van der Waals surface area contributed by atoms with Crippen LogP contribution in [0.3, 0.4) is 0 Å². The van der Waals surface area contributed by atoms with Gasteiger partial charge >= 0.3 is 12.0 Å². The lowest BCUT2D eigenvalue weighted by Gasteiger charge is -2.27. The van der Waals surface area contributed by atoms with Crippen LogP contribution < -0.4 is 10.6 Å². The largest absolute Gasteiger partial charge is 0.465 e. The Morgan fingerprint density at radius 2 is 2.07 bits per heavy atom. The van der Waals surface area contributed by atoms with E-state index in [2.05, 4.69) is 10.6 Å². The second kappa shape index (κ2) is 6.23. The molecule has 0 radical (unpaired) electrons. The van der Waals surface area contributed by atoms with Gasteiger partial charge in [-0.2, -0.15) is 0 Å². The zero-order chi connectivity index (χ0) is 11.1. The molecule has 0 aliphatic carbocycles. The summed E-state index contributed by atoms with van der Waals surface area (Å²) in [5, 5.41) is 5.66. The molecule has 1 aliphatic heterocycles. The number of urea groups is 1. The predicted octanol–water partition coefficient (Wildman–Crippen LogP) is -0.836. The second-order valence-electron chi connectivity index (χ2n) is 3.20. The van der Waals surface area contributed by atoms with Gasteiger partial charge in [0.15, 0.2) is 0 Å². The minimum absolute atomic E-state index is 0.0589. The van der Waals surface area contributed by atoms with E-state index >= 15 is 0 Å². The van der Waals surface area contributed by atoms with Crippen molar-refractivity contribution in [3.05, 3.63) is 0 Å². The Kier molecular flexibility index (Phi) is 4.89. The van der Waals surface area contributed by atoms with E-state index in [1.807, 2.05) is 0 Å². The summed E-state index contributed by atoms with van der Waals surface area (Å²) >= 11 is 0. The Bertz CT molecular complexity index is 227. The minimum Gasteiger partial charge on any atom is -0.465 e. The summed E-state index contributed by atoms with van der Waals surface area (Å²) in [5.74, 6) is -0.402. The molecular weight excluding hydrogens is 198 g/mol. The monoisotopic (exact) mass is 215 g/mol. The Labute approximate surface area is 88.9 Å². The van der Waals surface area contributed by atoms with E-state index in [4.69, 9.17) is 4.74 Å². The van der Waals surface area contributed by atoms with E-state index in [0.717, 1.165) is 13.1 Å². The van der Waals surface area contributed by atoms with Gasteiger partial charge in [0.05, 0.1) is 6.61 Å². The van der Waals surface area contributed by atoms with Crippen LogP contribution in [0.25, 0.3) is 0 Å². The molecule has 0 unspecified atom stereocenters. The topological polar surface area (TPSA) is 70.7 Å². The first kappa shape index (κ1) is 11.8. The fourth-order valence-corrected chi connectivity index (χ4v) is 1.34. The first-order valence-electron chi connectivity index (χ1n) is 5.13. The molecule has 6 heteroatoms. The van der Waals surface area contributed by atoms with Gasteiger partial charge in [-0.3, -0.25) is 4.79 Å². The van der Waals surface area contributed by atoms with Crippen LogP contribution in [0.1, 0.15) is 6.92 Å². The van der Waals surface area contributed by atoms with Gasteiger partial charge in [0.2, 0.25) is 0 Å². The summed E-state index contributed by atoms with van der Waals surface area (Å²) in [6.45, 7) is 4.96. The number of carbonyl (C=O) groups is 2. The van der Waals surface area contributed by atoms with Crippen LogP contribution >= 0.6 is 0 Å². The van der Waals surface area contributed by atoms with Crippen LogP contribution in [-0.4, -0.2) is 56.2 Å². The number of carbonyl (C=O) groups excluding carboxylic acids is 2. The van der Waals surface area contributed by atoms with Gasteiger partial charge < -0.3 is 20.3 Å². The number of piperazine rings is 1. The smallest absolute Gasteiger partial charge is 0.325 e. The van der Waals surface area contributed by atoms with Gasteiger partial charge in [-0.05, 0) is 6.92 Å². The lowest BCUT2D eigenvalue weighted by atomic mass is 10.4. The molecule has 1 aliphatic rings. The molecular formula is C9H17N3O3. The molecule has 2 N–H and O–H groups in total. The summed E-state index contributed by atoms with van der Waals surface area (Å²) in [5.41, 5.74) is 0. The van der Waals surface area contributed by atoms with Crippen molar-refractivity contribution in [3.63, 3.8) is 0 Å². The molecule has 0 saturated carbocycles. The third-order valence-electron chi connectivity index (χ3n) is 2.09. The summed E-state index contributed by atoms with van der Waals surface area (Å²) in [6.07, 6.45) is 0. The molecule has 0 bridgehead atoms. The van der Waals surface area contributed by atoms with Crippen molar-refractivity contribution >= 4 is 12.0 Å². The molecule has 1 saturated heterocycles. The Hall–Kier alpha value is -1.30. The second-order valence-corrected chi connectivity index (χ2v) is 3.20. The van der Waals surface area contributed by atoms with Crippen LogP contribution in [0.4, 0.5) is 4.79 Å². The predicted molar refractivity (Wildman–Crippen MR) is 54.5 cm³/mol. The minimum atomic E-state index is -0.402. The van der Waals surface area contributed by atoms with Crippen LogP contribution in [0, 0.1) is 0 Å².